The number of nitrogens with zero attached hydrogens (tertiary/aromatic N) is 5. The van der Waals surface area contributed by atoms with Gasteiger partial charge in [-0.1, -0.05) is 6.07 Å². The number of hydrogen-bond donors (Lipinski definition) is 1. The number of pyridine rings is 2. The van der Waals surface area contributed by atoms with E-state index in [-0.39, 0.29) is 0 Å². The molecule has 0 fully saturated rings. The van der Waals surface area contributed by atoms with Crippen molar-refractivity contribution in [3.8, 4) is 6.07 Å². The molecule has 0 saturated heterocycles. The van der Waals surface area contributed by atoms with Crippen LogP contribution in [0.15, 0.2) is 30.5 Å². The summed E-state index contributed by atoms with van der Waals surface area (Å²) in [6, 6.07) is 9.83. The molecule has 104 valence electrons. The maximum absolute atomic E-state index is 9.26. The highest BCUT2D eigenvalue weighted by molar-refractivity contribution is 5.56. The number of aryl methyl sites for hydroxylation is 2. The normalized spacial score (nSPS) is 10.5. The first kappa shape index (κ1) is 13.1. The van der Waals surface area contributed by atoms with Crippen LogP contribution in [0.2, 0.25) is 0 Å². The average Bonchev–Trinajstić information content (AvgIpc) is 2.88. The van der Waals surface area contributed by atoms with E-state index in [0.29, 0.717) is 17.9 Å². The molecule has 3 heterocycles. The van der Waals surface area contributed by atoms with Crippen LogP contribution in [0.5, 0.6) is 0 Å². The van der Waals surface area contributed by atoms with Crippen LogP contribution in [-0.2, 0) is 6.54 Å². The second-order valence-electron chi connectivity index (χ2n) is 4.81. The predicted molar refractivity (Wildman–Crippen MR) is 78.7 cm³/mol. The van der Waals surface area contributed by atoms with Crippen molar-refractivity contribution < 1.29 is 0 Å². The molecule has 0 aliphatic rings. The van der Waals surface area contributed by atoms with Crippen LogP contribution in [-0.4, -0.2) is 19.6 Å². The second kappa shape index (κ2) is 5.21. The predicted octanol–water partition coefficient (Wildman–Crippen LogP) is 2.22. The molecular formula is C15H14N6. The lowest BCUT2D eigenvalue weighted by atomic mass is 10.1. The van der Waals surface area contributed by atoms with E-state index in [0.717, 1.165) is 22.7 Å². The molecule has 3 rings (SSSR count). The maximum atomic E-state index is 9.26. The van der Waals surface area contributed by atoms with E-state index in [2.05, 4.69) is 26.6 Å². The molecule has 1 N–H and O–H groups in total. The molecule has 0 aliphatic carbocycles. The molecule has 0 unspecified atom stereocenters. The van der Waals surface area contributed by atoms with Gasteiger partial charge in [-0.25, -0.2) is 4.98 Å². The molecule has 0 spiro atoms. The van der Waals surface area contributed by atoms with Gasteiger partial charge in [0.15, 0.2) is 11.5 Å². The fourth-order valence-electron chi connectivity index (χ4n) is 2.28. The lowest BCUT2D eigenvalue weighted by Gasteiger charge is -2.09. The van der Waals surface area contributed by atoms with Crippen LogP contribution in [0.25, 0.3) is 5.65 Å². The first-order valence-electron chi connectivity index (χ1n) is 6.60. The van der Waals surface area contributed by atoms with E-state index in [1.54, 1.807) is 0 Å². The summed E-state index contributed by atoms with van der Waals surface area (Å²) in [5.74, 6) is 1.36. The molecule has 6 nitrogen and oxygen atoms in total. The van der Waals surface area contributed by atoms with E-state index < -0.39 is 0 Å². The molecule has 6 heteroatoms. The van der Waals surface area contributed by atoms with Crippen LogP contribution in [0.1, 0.15) is 22.6 Å². The number of hydrogen-bond acceptors (Lipinski definition) is 5. The third-order valence-corrected chi connectivity index (χ3v) is 3.25. The number of nitrogens with one attached hydrogen (secondary N) is 1. The molecule has 0 amide bonds. The number of anilines is 1. The van der Waals surface area contributed by atoms with E-state index in [1.807, 2.05) is 48.7 Å². The van der Waals surface area contributed by atoms with Gasteiger partial charge in [0.25, 0.3) is 0 Å². The van der Waals surface area contributed by atoms with Crippen molar-refractivity contribution in [2.45, 2.75) is 20.4 Å². The van der Waals surface area contributed by atoms with Gasteiger partial charge < -0.3 is 5.32 Å². The monoisotopic (exact) mass is 278 g/mol. The van der Waals surface area contributed by atoms with Crippen molar-refractivity contribution in [3.05, 3.63) is 53.1 Å². The fourth-order valence-corrected chi connectivity index (χ4v) is 2.28. The minimum Gasteiger partial charge on any atom is -0.362 e. The van der Waals surface area contributed by atoms with E-state index in [1.165, 1.54) is 0 Å². The van der Waals surface area contributed by atoms with E-state index in [4.69, 9.17) is 0 Å². The van der Waals surface area contributed by atoms with Gasteiger partial charge in [0.2, 0.25) is 0 Å². The summed E-state index contributed by atoms with van der Waals surface area (Å²) in [6.45, 7) is 4.27. The summed E-state index contributed by atoms with van der Waals surface area (Å²) in [6.07, 6.45) is 1.91. The van der Waals surface area contributed by atoms with Gasteiger partial charge in [-0.15, -0.1) is 10.2 Å². The Bertz CT molecular complexity index is 843. The van der Waals surface area contributed by atoms with Crippen molar-refractivity contribution in [2.75, 3.05) is 5.32 Å². The highest BCUT2D eigenvalue weighted by Crippen LogP contribution is 2.18. The van der Waals surface area contributed by atoms with Gasteiger partial charge in [0, 0.05) is 11.9 Å². The molecule has 21 heavy (non-hydrogen) atoms. The quantitative estimate of drug-likeness (QED) is 0.794. The summed E-state index contributed by atoms with van der Waals surface area (Å²) in [5, 5.41) is 20.7. The van der Waals surface area contributed by atoms with Crippen molar-refractivity contribution in [3.63, 3.8) is 0 Å². The number of aromatic nitrogens is 4. The molecule has 0 atom stereocenters. The second-order valence-corrected chi connectivity index (χ2v) is 4.81. The Morgan fingerprint density at radius 3 is 2.95 bits per heavy atom. The zero-order valence-electron chi connectivity index (χ0n) is 11.8. The topological polar surface area (TPSA) is 78.9 Å². The SMILES string of the molecule is Cc1cc(C)c(C#N)c(NCc2nnc3ccccn23)n1. The van der Waals surface area contributed by atoms with E-state index in [9.17, 15) is 5.26 Å². The molecule has 0 saturated carbocycles. The first-order chi connectivity index (χ1) is 10.2. The molecule has 3 aromatic rings. The summed E-state index contributed by atoms with van der Waals surface area (Å²) in [5.41, 5.74) is 3.15. The molecule has 0 bridgehead atoms. The van der Waals surface area contributed by atoms with Crippen molar-refractivity contribution in [1.29, 1.82) is 5.26 Å². The van der Waals surface area contributed by atoms with Crippen LogP contribution in [0.4, 0.5) is 5.82 Å². The summed E-state index contributed by atoms with van der Waals surface area (Å²) in [4.78, 5) is 4.39. The number of fused-ring (bicyclic) bond motifs is 1. The Morgan fingerprint density at radius 2 is 2.14 bits per heavy atom. The Morgan fingerprint density at radius 1 is 1.29 bits per heavy atom. The Hall–Kier alpha value is -2.94. The van der Waals surface area contributed by atoms with Gasteiger partial charge in [0.05, 0.1) is 12.1 Å². The zero-order valence-corrected chi connectivity index (χ0v) is 11.8. The first-order valence-corrected chi connectivity index (χ1v) is 6.60. The number of rotatable bonds is 3. The summed E-state index contributed by atoms with van der Waals surface area (Å²) >= 11 is 0. The van der Waals surface area contributed by atoms with Crippen molar-refractivity contribution in [2.24, 2.45) is 0 Å². The van der Waals surface area contributed by atoms with Crippen molar-refractivity contribution >= 4 is 11.5 Å². The highest BCUT2D eigenvalue weighted by Gasteiger charge is 2.10. The minimum atomic E-state index is 0.454. The Balaban J connectivity index is 1.90. The van der Waals surface area contributed by atoms with Crippen LogP contribution in [0.3, 0.4) is 0 Å². The average molecular weight is 278 g/mol. The van der Waals surface area contributed by atoms with Crippen LogP contribution >= 0.6 is 0 Å². The molecule has 0 aliphatic heterocycles. The Labute approximate surface area is 122 Å². The standard InChI is InChI=1S/C15H14N6/c1-10-7-11(2)18-15(12(10)8-16)17-9-14-20-19-13-5-3-4-6-21(13)14/h3-7H,9H2,1-2H3,(H,17,18). The highest BCUT2D eigenvalue weighted by atomic mass is 15.3. The molecule has 0 radical (unpaired) electrons. The third-order valence-electron chi connectivity index (χ3n) is 3.25. The van der Waals surface area contributed by atoms with Crippen molar-refractivity contribution in [1.82, 2.24) is 19.6 Å². The number of nitriles is 1. The van der Waals surface area contributed by atoms with E-state index >= 15 is 0 Å². The molecule has 0 aromatic carbocycles. The fraction of sp³-hybridized carbons (Fsp3) is 0.200. The zero-order chi connectivity index (χ0) is 14.8. The largest absolute Gasteiger partial charge is 0.362 e. The third kappa shape index (κ3) is 2.41. The van der Waals surface area contributed by atoms with Gasteiger partial charge in [-0.05, 0) is 37.6 Å². The van der Waals surface area contributed by atoms with Crippen LogP contribution in [0, 0.1) is 25.2 Å². The maximum Gasteiger partial charge on any atom is 0.160 e. The Kier molecular flexibility index (Phi) is 3.24. The minimum absolute atomic E-state index is 0.454. The lowest BCUT2D eigenvalue weighted by Crippen LogP contribution is -2.08. The van der Waals surface area contributed by atoms with Gasteiger partial charge in [-0.3, -0.25) is 4.40 Å². The van der Waals surface area contributed by atoms with Gasteiger partial charge >= 0.3 is 0 Å². The molecular weight excluding hydrogens is 264 g/mol. The van der Waals surface area contributed by atoms with Gasteiger partial charge in [-0.2, -0.15) is 5.26 Å². The summed E-state index contributed by atoms with van der Waals surface area (Å²) < 4.78 is 1.90. The van der Waals surface area contributed by atoms with Crippen LogP contribution < -0.4 is 5.32 Å². The molecule has 3 aromatic heterocycles. The summed E-state index contributed by atoms with van der Waals surface area (Å²) in [7, 11) is 0. The smallest absolute Gasteiger partial charge is 0.160 e. The lowest BCUT2D eigenvalue weighted by molar-refractivity contribution is 0.909. The van der Waals surface area contributed by atoms with Gasteiger partial charge in [0.1, 0.15) is 11.9 Å².